The predicted molar refractivity (Wildman–Crippen MR) is 95.1 cm³/mol. The van der Waals surface area contributed by atoms with Crippen molar-refractivity contribution in [2.24, 2.45) is 4.99 Å². The number of para-hydroxylation sites is 1. The minimum Gasteiger partial charge on any atom is -0.253 e. The van der Waals surface area contributed by atoms with Gasteiger partial charge in [0.05, 0.1) is 5.69 Å². The molecule has 0 N–H and O–H groups in total. The SMILES string of the molecule is CC1=Nc2ccccc2C/C(C)=C/C=C\Cc2ccccc21. The van der Waals surface area contributed by atoms with Crippen molar-refractivity contribution in [3.8, 4) is 0 Å². The van der Waals surface area contributed by atoms with Gasteiger partial charge in [-0.3, -0.25) is 4.99 Å². The maximum atomic E-state index is 4.91. The van der Waals surface area contributed by atoms with Crippen molar-refractivity contribution < 1.29 is 0 Å². The van der Waals surface area contributed by atoms with E-state index in [1.165, 1.54) is 22.3 Å². The molecule has 1 heteroatoms. The molecule has 2 aromatic carbocycles. The second-order valence-electron chi connectivity index (χ2n) is 5.81. The summed E-state index contributed by atoms with van der Waals surface area (Å²) in [5, 5.41) is 0. The minimum atomic E-state index is 0.939. The molecule has 110 valence electrons. The van der Waals surface area contributed by atoms with E-state index in [2.05, 4.69) is 80.6 Å². The first kappa shape index (κ1) is 14.5. The average Bonchev–Trinajstić information content (AvgIpc) is 2.53. The lowest BCUT2D eigenvalue weighted by Gasteiger charge is -2.11. The van der Waals surface area contributed by atoms with Gasteiger partial charge in [0.25, 0.3) is 0 Å². The van der Waals surface area contributed by atoms with Crippen molar-refractivity contribution in [1.82, 2.24) is 0 Å². The summed E-state index contributed by atoms with van der Waals surface area (Å²) in [6.07, 6.45) is 8.48. The van der Waals surface area contributed by atoms with E-state index in [1.807, 2.05) is 0 Å². The summed E-state index contributed by atoms with van der Waals surface area (Å²) in [6, 6.07) is 17.0. The molecule has 1 aliphatic heterocycles. The Hall–Kier alpha value is -2.41. The topological polar surface area (TPSA) is 12.4 Å². The fraction of sp³-hybridized carbons (Fsp3) is 0.190. The largest absolute Gasteiger partial charge is 0.253 e. The Morgan fingerprint density at radius 1 is 0.864 bits per heavy atom. The number of benzene rings is 2. The van der Waals surface area contributed by atoms with Crippen molar-refractivity contribution in [1.29, 1.82) is 0 Å². The highest BCUT2D eigenvalue weighted by Gasteiger charge is 2.07. The molecule has 2 aromatic rings. The van der Waals surface area contributed by atoms with Crippen LogP contribution in [0, 0.1) is 0 Å². The first-order valence-electron chi connectivity index (χ1n) is 7.78. The van der Waals surface area contributed by atoms with Gasteiger partial charge in [0.1, 0.15) is 0 Å². The highest BCUT2D eigenvalue weighted by Crippen LogP contribution is 2.24. The van der Waals surface area contributed by atoms with E-state index in [0.717, 1.165) is 24.2 Å². The molecule has 0 saturated heterocycles. The fourth-order valence-electron chi connectivity index (χ4n) is 2.85. The minimum absolute atomic E-state index is 0.939. The van der Waals surface area contributed by atoms with Gasteiger partial charge in [-0.2, -0.15) is 0 Å². The van der Waals surface area contributed by atoms with Crippen LogP contribution in [0.4, 0.5) is 5.69 Å². The third-order valence-corrected chi connectivity index (χ3v) is 4.01. The van der Waals surface area contributed by atoms with Crippen molar-refractivity contribution >= 4 is 11.4 Å². The predicted octanol–water partition coefficient (Wildman–Crippen LogP) is 5.43. The van der Waals surface area contributed by atoms with Gasteiger partial charge in [-0.15, -0.1) is 0 Å². The first-order valence-corrected chi connectivity index (χ1v) is 7.78. The number of hydrogen-bond donors (Lipinski definition) is 0. The number of fused-ring (bicyclic) bond motifs is 2. The van der Waals surface area contributed by atoms with Gasteiger partial charge in [-0.25, -0.2) is 0 Å². The fourth-order valence-corrected chi connectivity index (χ4v) is 2.85. The highest BCUT2D eigenvalue weighted by atomic mass is 14.7. The second kappa shape index (κ2) is 6.57. The number of aliphatic imine (C=N–C) groups is 1. The molecule has 0 saturated carbocycles. The smallest absolute Gasteiger partial charge is 0.0668 e. The molecule has 1 heterocycles. The zero-order valence-corrected chi connectivity index (χ0v) is 13.2. The van der Waals surface area contributed by atoms with Crippen LogP contribution in [-0.4, -0.2) is 5.71 Å². The second-order valence-corrected chi connectivity index (χ2v) is 5.81. The Kier molecular flexibility index (Phi) is 4.34. The number of hydrogen-bond acceptors (Lipinski definition) is 1. The number of rotatable bonds is 0. The van der Waals surface area contributed by atoms with Crippen LogP contribution in [-0.2, 0) is 12.8 Å². The monoisotopic (exact) mass is 287 g/mol. The summed E-state index contributed by atoms with van der Waals surface area (Å²) in [7, 11) is 0. The third-order valence-electron chi connectivity index (χ3n) is 4.01. The zero-order chi connectivity index (χ0) is 15.4. The summed E-state index contributed by atoms with van der Waals surface area (Å²) < 4.78 is 0. The van der Waals surface area contributed by atoms with Gasteiger partial charge in [-0.1, -0.05) is 66.3 Å². The molecule has 3 rings (SSSR count). The van der Waals surface area contributed by atoms with Crippen molar-refractivity contribution in [3.63, 3.8) is 0 Å². The van der Waals surface area contributed by atoms with Crippen LogP contribution in [0.3, 0.4) is 0 Å². The Balaban J connectivity index is 2.16. The van der Waals surface area contributed by atoms with Crippen molar-refractivity contribution in [2.45, 2.75) is 26.7 Å². The standard InChI is InChI=1S/C21H21N/c1-16-9-3-4-10-18-11-5-7-13-20(18)17(2)22-21-14-8-6-12-19(21)15-16/h3-9,11-14H,10,15H2,1-2H3/b4-3-,16-9+,22-17?. The molecule has 22 heavy (non-hydrogen) atoms. The Morgan fingerprint density at radius 3 is 2.45 bits per heavy atom. The molecule has 0 fully saturated rings. The van der Waals surface area contributed by atoms with Gasteiger partial charge < -0.3 is 0 Å². The average molecular weight is 287 g/mol. The van der Waals surface area contributed by atoms with Crippen LogP contribution in [0.1, 0.15) is 30.5 Å². The summed E-state index contributed by atoms with van der Waals surface area (Å²) in [5.74, 6) is 0. The number of allylic oxidation sites excluding steroid dienone is 4. The Morgan fingerprint density at radius 2 is 1.59 bits per heavy atom. The van der Waals surface area contributed by atoms with Crippen molar-refractivity contribution in [3.05, 3.63) is 89.0 Å². The van der Waals surface area contributed by atoms with E-state index >= 15 is 0 Å². The molecule has 0 atom stereocenters. The molecule has 1 nitrogen and oxygen atoms in total. The highest BCUT2D eigenvalue weighted by molar-refractivity contribution is 6.01. The normalized spacial score (nSPS) is 18.6. The number of nitrogens with zero attached hydrogens (tertiary/aromatic N) is 1. The lowest BCUT2D eigenvalue weighted by atomic mass is 9.99. The van der Waals surface area contributed by atoms with Gasteiger partial charge in [0.2, 0.25) is 0 Å². The van der Waals surface area contributed by atoms with E-state index in [9.17, 15) is 0 Å². The van der Waals surface area contributed by atoms with Crippen LogP contribution in [0.5, 0.6) is 0 Å². The molecule has 0 spiro atoms. The maximum absolute atomic E-state index is 4.91. The van der Waals surface area contributed by atoms with E-state index < -0.39 is 0 Å². The van der Waals surface area contributed by atoms with Gasteiger partial charge in [-0.05, 0) is 49.4 Å². The summed E-state index contributed by atoms with van der Waals surface area (Å²) in [4.78, 5) is 4.91. The Bertz CT molecular complexity index is 763. The quantitative estimate of drug-likeness (QED) is 0.612. The molecule has 0 unspecified atom stereocenters. The van der Waals surface area contributed by atoms with Crippen LogP contribution < -0.4 is 0 Å². The lowest BCUT2D eigenvalue weighted by Crippen LogP contribution is -2.01. The van der Waals surface area contributed by atoms with E-state index in [-0.39, 0.29) is 0 Å². The molecule has 0 bridgehead atoms. The van der Waals surface area contributed by atoms with E-state index in [0.29, 0.717) is 0 Å². The van der Waals surface area contributed by atoms with E-state index in [4.69, 9.17) is 4.99 Å². The third kappa shape index (κ3) is 3.25. The molecule has 1 aliphatic rings. The molecular formula is C21H21N. The van der Waals surface area contributed by atoms with Gasteiger partial charge in [0.15, 0.2) is 0 Å². The summed E-state index contributed by atoms with van der Waals surface area (Å²) in [5.41, 5.74) is 7.35. The molecular weight excluding hydrogens is 266 g/mol. The maximum Gasteiger partial charge on any atom is 0.0668 e. The van der Waals surface area contributed by atoms with Crippen LogP contribution >= 0.6 is 0 Å². The zero-order valence-electron chi connectivity index (χ0n) is 13.2. The summed E-state index contributed by atoms with van der Waals surface area (Å²) >= 11 is 0. The lowest BCUT2D eigenvalue weighted by molar-refractivity contribution is 1.13. The van der Waals surface area contributed by atoms with Crippen LogP contribution in [0.25, 0.3) is 0 Å². The van der Waals surface area contributed by atoms with Gasteiger partial charge in [0, 0.05) is 5.71 Å². The first-order chi connectivity index (χ1) is 10.7. The molecule has 0 aromatic heterocycles. The van der Waals surface area contributed by atoms with Crippen LogP contribution in [0.2, 0.25) is 0 Å². The Labute approximate surface area is 132 Å². The molecule has 0 aliphatic carbocycles. The van der Waals surface area contributed by atoms with Crippen LogP contribution in [0.15, 0.2) is 77.3 Å². The molecule has 0 radical (unpaired) electrons. The molecule has 0 amide bonds. The van der Waals surface area contributed by atoms with E-state index in [1.54, 1.807) is 0 Å². The summed E-state index contributed by atoms with van der Waals surface area (Å²) in [6.45, 7) is 4.28. The van der Waals surface area contributed by atoms with Gasteiger partial charge >= 0.3 is 0 Å². The van der Waals surface area contributed by atoms with Crippen molar-refractivity contribution in [2.75, 3.05) is 0 Å².